The molecule has 0 aromatic heterocycles. The molecule has 0 aliphatic carbocycles. The summed E-state index contributed by atoms with van der Waals surface area (Å²) in [5.41, 5.74) is 0. The minimum absolute atomic E-state index is 0.274. The Hall–Kier alpha value is 0.370. The molecule has 2 unspecified atom stereocenters. The number of thioether (sulfide) groups is 2. The molecule has 0 aromatic rings. The Morgan fingerprint density at radius 1 is 1.33 bits per heavy atom. The molecule has 3 heteroatoms. The van der Waals surface area contributed by atoms with Gasteiger partial charge >= 0.3 is 0 Å². The van der Waals surface area contributed by atoms with Gasteiger partial charge in [-0.15, -0.1) is 11.8 Å². The van der Waals surface area contributed by atoms with Crippen LogP contribution in [0.2, 0.25) is 0 Å². The lowest BCUT2D eigenvalue weighted by molar-refractivity contribution is -0.118. The molecule has 1 rings (SSSR count). The Morgan fingerprint density at radius 2 is 2.00 bits per heavy atom. The lowest BCUT2D eigenvalue weighted by Crippen LogP contribution is -2.30. The zero-order valence-corrected chi connectivity index (χ0v) is 11.6. The molecule has 0 radical (unpaired) electrons. The van der Waals surface area contributed by atoms with Gasteiger partial charge in [0, 0.05) is 23.2 Å². The molecule has 0 aromatic carbocycles. The van der Waals surface area contributed by atoms with Crippen LogP contribution in [0.1, 0.15) is 40.0 Å². The summed E-state index contributed by atoms with van der Waals surface area (Å²) >= 11 is 3.82. The number of hydrogen-bond acceptors (Lipinski definition) is 3. The van der Waals surface area contributed by atoms with Gasteiger partial charge in [-0.25, -0.2) is 0 Å². The molecule has 1 aliphatic rings. The predicted octanol–water partition coefficient (Wildman–Crippen LogP) is 3.62. The van der Waals surface area contributed by atoms with Crippen LogP contribution in [0.4, 0.5) is 0 Å². The molecule has 88 valence electrons. The van der Waals surface area contributed by atoms with Crippen LogP contribution in [-0.4, -0.2) is 27.8 Å². The number of carbonyl (C=O) groups excluding carboxylic acids is 1. The molecule has 2 atom stereocenters. The van der Waals surface area contributed by atoms with Crippen molar-refractivity contribution in [1.82, 2.24) is 0 Å². The van der Waals surface area contributed by atoms with E-state index in [1.807, 2.05) is 23.5 Å². The van der Waals surface area contributed by atoms with Gasteiger partial charge in [0.25, 0.3) is 0 Å². The zero-order chi connectivity index (χ0) is 11.3. The van der Waals surface area contributed by atoms with Crippen LogP contribution in [0, 0.1) is 5.92 Å². The average Bonchev–Trinajstić information content (AvgIpc) is 2.17. The highest BCUT2D eigenvalue weighted by Gasteiger charge is 2.28. The fourth-order valence-corrected chi connectivity index (χ4v) is 4.58. The van der Waals surface area contributed by atoms with E-state index in [1.54, 1.807) is 0 Å². The first kappa shape index (κ1) is 13.4. The van der Waals surface area contributed by atoms with Crippen molar-refractivity contribution in [1.29, 1.82) is 0 Å². The number of rotatable bonds is 5. The number of carbonyl (C=O) groups is 1. The molecule has 1 aliphatic heterocycles. The molecule has 15 heavy (non-hydrogen) atoms. The van der Waals surface area contributed by atoms with E-state index in [4.69, 9.17) is 0 Å². The molecule has 1 heterocycles. The van der Waals surface area contributed by atoms with E-state index < -0.39 is 0 Å². The van der Waals surface area contributed by atoms with Crippen molar-refractivity contribution in [3.63, 3.8) is 0 Å². The predicted molar refractivity (Wildman–Crippen MR) is 71.9 cm³/mol. The van der Waals surface area contributed by atoms with E-state index in [9.17, 15) is 4.79 Å². The number of hydrogen-bond donors (Lipinski definition) is 0. The van der Waals surface area contributed by atoms with Crippen molar-refractivity contribution in [2.24, 2.45) is 5.92 Å². The molecule has 1 saturated heterocycles. The highest BCUT2D eigenvalue weighted by atomic mass is 32.2. The maximum absolute atomic E-state index is 12.0. The maximum atomic E-state index is 12.0. The fourth-order valence-electron chi connectivity index (χ4n) is 1.81. The van der Waals surface area contributed by atoms with Gasteiger partial charge in [0.15, 0.2) is 0 Å². The number of ketones is 1. The summed E-state index contributed by atoms with van der Waals surface area (Å²) in [6.07, 6.45) is 3.05. The monoisotopic (exact) mass is 246 g/mol. The second-order valence-electron chi connectivity index (χ2n) is 4.62. The summed E-state index contributed by atoms with van der Waals surface area (Å²) in [6.45, 7) is 6.64. The molecular weight excluding hydrogens is 224 g/mol. The molecule has 0 N–H and O–H groups in total. The summed E-state index contributed by atoms with van der Waals surface area (Å²) in [5, 5.41) is 0.797. The van der Waals surface area contributed by atoms with Gasteiger partial charge in [-0.3, -0.25) is 4.79 Å². The normalized spacial score (nSPS) is 26.9. The van der Waals surface area contributed by atoms with E-state index in [-0.39, 0.29) is 5.25 Å². The minimum Gasteiger partial charge on any atom is -0.298 e. The van der Waals surface area contributed by atoms with Crippen molar-refractivity contribution in [2.45, 2.75) is 50.5 Å². The van der Waals surface area contributed by atoms with Gasteiger partial charge in [-0.05, 0) is 12.3 Å². The second kappa shape index (κ2) is 6.85. The Morgan fingerprint density at radius 3 is 2.60 bits per heavy atom. The molecule has 1 fully saturated rings. The van der Waals surface area contributed by atoms with Crippen LogP contribution < -0.4 is 0 Å². The lowest BCUT2D eigenvalue weighted by Gasteiger charge is -2.26. The van der Waals surface area contributed by atoms with Gasteiger partial charge in [0.1, 0.15) is 5.78 Å². The smallest absolute Gasteiger partial charge is 0.146 e. The third kappa shape index (κ3) is 4.81. The van der Waals surface area contributed by atoms with Crippen molar-refractivity contribution >= 4 is 29.3 Å². The van der Waals surface area contributed by atoms with Gasteiger partial charge in [0.05, 0.1) is 5.25 Å². The van der Waals surface area contributed by atoms with Gasteiger partial charge in [0.2, 0.25) is 0 Å². The molecule has 1 nitrogen and oxygen atoms in total. The van der Waals surface area contributed by atoms with E-state index in [1.165, 1.54) is 12.2 Å². The van der Waals surface area contributed by atoms with E-state index in [0.717, 1.165) is 24.5 Å². The largest absolute Gasteiger partial charge is 0.298 e. The summed E-state index contributed by atoms with van der Waals surface area (Å²) in [7, 11) is 0. The lowest BCUT2D eigenvalue weighted by atomic mass is 10.0. The topological polar surface area (TPSA) is 17.1 Å². The van der Waals surface area contributed by atoms with Crippen LogP contribution in [-0.2, 0) is 4.79 Å². The van der Waals surface area contributed by atoms with Crippen molar-refractivity contribution < 1.29 is 4.79 Å². The molecule has 0 bridgehead atoms. The molecule has 0 amide bonds. The van der Waals surface area contributed by atoms with Crippen LogP contribution in [0.3, 0.4) is 0 Å². The highest BCUT2D eigenvalue weighted by molar-refractivity contribution is 8.07. The molecule has 0 saturated carbocycles. The van der Waals surface area contributed by atoms with Crippen LogP contribution >= 0.6 is 23.5 Å². The first-order valence-corrected chi connectivity index (χ1v) is 7.97. The standard InChI is InChI=1S/C12H22OS2/c1-9(2)5-4-6-11(13)12-10(3)14-7-8-15-12/h9-10,12H,4-8H2,1-3H3. The third-order valence-electron chi connectivity index (χ3n) is 2.71. The van der Waals surface area contributed by atoms with Crippen LogP contribution in [0.25, 0.3) is 0 Å². The average molecular weight is 246 g/mol. The first-order chi connectivity index (χ1) is 7.11. The quantitative estimate of drug-likeness (QED) is 0.737. The Kier molecular flexibility index (Phi) is 6.13. The Labute approximate surface area is 102 Å². The van der Waals surface area contributed by atoms with E-state index in [2.05, 4.69) is 20.8 Å². The van der Waals surface area contributed by atoms with Gasteiger partial charge in [-0.1, -0.05) is 27.2 Å². The zero-order valence-electron chi connectivity index (χ0n) is 9.99. The molecule has 0 spiro atoms. The summed E-state index contributed by atoms with van der Waals surface area (Å²) < 4.78 is 0. The Bertz CT molecular complexity index is 204. The summed E-state index contributed by atoms with van der Waals surface area (Å²) in [4.78, 5) is 12.0. The SMILES string of the molecule is CC(C)CCCC(=O)C1SCCSC1C. The second-order valence-corrected chi connectivity index (χ2v) is 7.35. The minimum atomic E-state index is 0.274. The number of Topliss-reactive ketones (excluding diaryl/α,β-unsaturated/α-hetero) is 1. The first-order valence-electron chi connectivity index (χ1n) is 5.87. The van der Waals surface area contributed by atoms with Gasteiger partial charge < -0.3 is 0 Å². The van der Waals surface area contributed by atoms with Crippen molar-refractivity contribution in [3.05, 3.63) is 0 Å². The van der Waals surface area contributed by atoms with Crippen LogP contribution in [0.15, 0.2) is 0 Å². The van der Waals surface area contributed by atoms with E-state index >= 15 is 0 Å². The van der Waals surface area contributed by atoms with Crippen molar-refractivity contribution in [2.75, 3.05) is 11.5 Å². The third-order valence-corrected chi connectivity index (χ3v) is 5.85. The molecular formula is C12H22OS2. The maximum Gasteiger partial charge on any atom is 0.146 e. The fraction of sp³-hybridized carbons (Fsp3) is 0.917. The highest BCUT2D eigenvalue weighted by Crippen LogP contribution is 2.32. The summed E-state index contributed by atoms with van der Waals surface area (Å²) in [6, 6.07) is 0. The van der Waals surface area contributed by atoms with E-state index in [0.29, 0.717) is 11.0 Å². The van der Waals surface area contributed by atoms with Gasteiger partial charge in [-0.2, -0.15) is 11.8 Å². The summed E-state index contributed by atoms with van der Waals surface area (Å²) in [5.74, 6) is 3.57. The van der Waals surface area contributed by atoms with Crippen molar-refractivity contribution in [3.8, 4) is 0 Å². The van der Waals surface area contributed by atoms with Crippen LogP contribution in [0.5, 0.6) is 0 Å². The Balaban J connectivity index is 2.26.